The predicted molar refractivity (Wildman–Crippen MR) is 69.7 cm³/mol. The number of carbonyl (C=O) groups is 2. The maximum absolute atomic E-state index is 11.8. The molecule has 1 aliphatic heterocycles. The molecule has 0 spiro atoms. The topological polar surface area (TPSA) is 66.8 Å². The van der Waals surface area contributed by atoms with Crippen LogP contribution in [0.15, 0.2) is 18.2 Å². The smallest absolute Gasteiger partial charge is 0.335 e. The first-order valence-electron chi connectivity index (χ1n) is 5.42. The van der Waals surface area contributed by atoms with Gasteiger partial charge in [-0.05, 0) is 12.1 Å². The van der Waals surface area contributed by atoms with E-state index in [-0.39, 0.29) is 16.7 Å². The lowest BCUT2D eigenvalue weighted by Crippen LogP contribution is -2.24. The number of hydrogen-bond acceptors (Lipinski definition) is 4. The minimum atomic E-state index is -1.05. The lowest BCUT2D eigenvalue weighted by atomic mass is 10.1. The second-order valence-corrected chi connectivity index (χ2v) is 4.82. The Labute approximate surface area is 110 Å². The summed E-state index contributed by atoms with van der Waals surface area (Å²) in [6.45, 7) is 0.480. The van der Waals surface area contributed by atoms with Crippen LogP contribution >= 0.6 is 12.6 Å². The molecule has 1 unspecified atom stereocenters. The zero-order valence-corrected chi connectivity index (χ0v) is 10.7. The molecule has 1 fully saturated rings. The van der Waals surface area contributed by atoms with Crippen LogP contribution in [-0.2, 0) is 4.79 Å². The van der Waals surface area contributed by atoms with Gasteiger partial charge in [0.25, 0.3) is 0 Å². The zero-order chi connectivity index (χ0) is 13.3. The number of aromatic carboxylic acids is 1. The summed E-state index contributed by atoms with van der Waals surface area (Å²) in [6.07, 6.45) is 0.364. The Morgan fingerprint density at radius 3 is 2.72 bits per heavy atom. The van der Waals surface area contributed by atoms with Crippen molar-refractivity contribution in [3.05, 3.63) is 23.8 Å². The van der Waals surface area contributed by atoms with Crippen LogP contribution in [0.5, 0.6) is 5.75 Å². The van der Waals surface area contributed by atoms with Crippen LogP contribution in [0.25, 0.3) is 0 Å². The fraction of sp³-hybridized carbons (Fsp3) is 0.333. The van der Waals surface area contributed by atoms with Gasteiger partial charge in [0, 0.05) is 30.0 Å². The highest BCUT2D eigenvalue weighted by molar-refractivity contribution is 7.81. The number of carboxylic acid groups (broad SMARTS) is 1. The van der Waals surface area contributed by atoms with Crippen molar-refractivity contribution in [3.8, 4) is 5.75 Å². The number of anilines is 1. The van der Waals surface area contributed by atoms with Crippen molar-refractivity contribution in [3.63, 3.8) is 0 Å². The van der Waals surface area contributed by atoms with Gasteiger partial charge in [0.15, 0.2) is 0 Å². The number of carboxylic acids is 1. The lowest BCUT2D eigenvalue weighted by molar-refractivity contribution is -0.117. The van der Waals surface area contributed by atoms with Gasteiger partial charge in [-0.2, -0.15) is 12.6 Å². The molecule has 1 atom stereocenters. The Bertz CT molecular complexity index is 503. The van der Waals surface area contributed by atoms with E-state index in [1.165, 1.54) is 24.1 Å². The summed E-state index contributed by atoms with van der Waals surface area (Å²) in [5, 5.41) is 9.00. The van der Waals surface area contributed by atoms with Gasteiger partial charge < -0.3 is 14.7 Å². The van der Waals surface area contributed by atoms with Crippen LogP contribution in [0.4, 0.5) is 5.69 Å². The summed E-state index contributed by atoms with van der Waals surface area (Å²) in [7, 11) is 1.46. The molecule has 0 aliphatic carbocycles. The average Bonchev–Trinajstić information content (AvgIpc) is 2.67. The largest absolute Gasteiger partial charge is 0.497 e. The highest BCUT2D eigenvalue weighted by Gasteiger charge is 2.29. The van der Waals surface area contributed by atoms with Crippen LogP contribution in [-0.4, -0.2) is 35.9 Å². The number of ether oxygens (including phenoxy) is 1. The minimum Gasteiger partial charge on any atom is -0.497 e. The number of amides is 1. The molecule has 1 saturated heterocycles. The summed E-state index contributed by atoms with van der Waals surface area (Å²) < 4.78 is 5.05. The molecule has 0 radical (unpaired) electrons. The fourth-order valence-corrected chi connectivity index (χ4v) is 2.24. The third-order valence-corrected chi connectivity index (χ3v) is 3.14. The molecular formula is C12H13NO4S. The summed E-state index contributed by atoms with van der Waals surface area (Å²) in [6, 6.07) is 4.54. The molecule has 18 heavy (non-hydrogen) atoms. The van der Waals surface area contributed by atoms with Crippen molar-refractivity contribution in [1.82, 2.24) is 0 Å². The molecule has 1 aliphatic rings. The van der Waals surface area contributed by atoms with Crippen molar-refractivity contribution < 1.29 is 19.4 Å². The number of nitrogens with zero attached hydrogens (tertiary/aromatic N) is 1. The summed E-state index contributed by atoms with van der Waals surface area (Å²) in [5.41, 5.74) is 0.632. The molecule has 1 amide bonds. The molecule has 1 aromatic rings. The number of thiol groups is 1. The van der Waals surface area contributed by atoms with Crippen LogP contribution in [0.3, 0.4) is 0 Å². The number of benzene rings is 1. The predicted octanol–water partition coefficient (Wildman–Crippen LogP) is 1.43. The standard InChI is InChI=1S/C12H13NO4S/c1-17-9-3-7(12(15)16)2-8(4-9)13-6-10(18)5-11(13)14/h2-4,10,18H,5-6H2,1H3,(H,15,16). The first-order valence-corrected chi connectivity index (χ1v) is 5.93. The first kappa shape index (κ1) is 12.8. The molecule has 96 valence electrons. The van der Waals surface area contributed by atoms with E-state index in [1.54, 1.807) is 6.07 Å². The third kappa shape index (κ3) is 2.43. The van der Waals surface area contributed by atoms with Crippen molar-refractivity contribution in [2.75, 3.05) is 18.6 Å². The quantitative estimate of drug-likeness (QED) is 0.813. The Morgan fingerprint density at radius 2 is 2.22 bits per heavy atom. The zero-order valence-electron chi connectivity index (χ0n) is 9.79. The van der Waals surface area contributed by atoms with E-state index in [1.807, 2.05) is 0 Å². The van der Waals surface area contributed by atoms with E-state index in [2.05, 4.69) is 12.6 Å². The van der Waals surface area contributed by atoms with E-state index in [4.69, 9.17) is 9.84 Å². The molecule has 1 aromatic carbocycles. The number of methoxy groups -OCH3 is 1. The van der Waals surface area contributed by atoms with Gasteiger partial charge in [-0.3, -0.25) is 4.79 Å². The molecule has 0 aromatic heterocycles. The van der Waals surface area contributed by atoms with Crippen LogP contribution < -0.4 is 9.64 Å². The highest BCUT2D eigenvalue weighted by atomic mass is 32.1. The maximum Gasteiger partial charge on any atom is 0.335 e. The number of hydrogen-bond donors (Lipinski definition) is 2. The van der Waals surface area contributed by atoms with Crippen molar-refractivity contribution in [2.24, 2.45) is 0 Å². The van der Waals surface area contributed by atoms with Gasteiger partial charge in [0.05, 0.1) is 12.7 Å². The third-order valence-electron chi connectivity index (χ3n) is 2.79. The number of rotatable bonds is 3. The molecule has 0 saturated carbocycles. The van der Waals surface area contributed by atoms with Crippen molar-refractivity contribution >= 4 is 30.2 Å². The van der Waals surface area contributed by atoms with Gasteiger partial charge >= 0.3 is 5.97 Å². The number of carbonyl (C=O) groups excluding carboxylic acids is 1. The van der Waals surface area contributed by atoms with E-state index in [0.717, 1.165) is 0 Å². The second kappa shape index (κ2) is 4.89. The van der Waals surface area contributed by atoms with E-state index >= 15 is 0 Å². The summed E-state index contributed by atoms with van der Waals surface area (Å²) >= 11 is 4.27. The average molecular weight is 267 g/mol. The molecule has 1 N–H and O–H groups in total. The molecule has 1 heterocycles. The summed E-state index contributed by atoms with van der Waals surface area (Å²) in [5.74, 6) is -0.691. The van der Waals surface area contributed by atoms with Gasteiger partial charge in [-0.1, -0.05) is 0 Å². The lowest BCUT2D eigenvalue weighted by Gasteiger charge is -2.17. The minimum absolute atomic E-state index is 0.0167. The van der Waals surface area contributed by atoms with Crippen LogP contribution in [0, 0.1) is 0 Å². The molecular weight excluding hydrogens is 254 g/mol. The van der Waals surface area contributed by atoms with Crippen LogP contribution in [0.2, 0.25) is 0 Å². The van der Waals surface area contributed by atoms with Gasteiger partial charge in [-0.15, -0.1) is 0 Å². The maximum atomic E-state index is 11.8. The Balaban J connectivity index is 2.41. The highest BCUT2D eigenvalue weighted by Crippen LogP contribution is 2.28. The molecule has 6 heteroatoms. The fourth-order valence-electron chi connectivity index (χ4n) is 1.92. The molecule has 5 nitrogen and oxygen atoms in total. The molecule has 0 bridgehead atoms. The summed E-state index contributed by atoms with van der Waals surface area (Å²) in [4.78, 5) is 24.3. The SMILES string of the molecule is COc1cc(C(=O)O)cc(N2CC(S)CC2=O)c1. The van der Waals surface area contributed by atoms with Crippen LogP contribution in [0.1, 0.15) is 16.8 Å². The van der Waals surface area contributed by atoms with E-state index < -0.39 is 5.97 Å². The monoisotopic (exact) mass is 267 g/mol. The van der Waals surface area contributed by atoms with E-state index in [9.17, 15) is 9.59 Å². The van der Waals surface area contributed by atoms with Crippen molar-refractivity contribution in [2.45, 2.75) is 11.7 Å². The van der Waals surface area contributed by atoms with Gasteiger partial charge in [0.2, 0.25) is 5.91 Å². The van der Waals surface area contributed by atoms with E-state index in [0.29, 0.717) is 24.4 Å². The normalized spacial score (nSPS) is 19.1. The van der Waals surface area contributed by atoms with Gasteiger partial charge in [0.1, 0.15) is 5.75 Å². The first-order chi connectivity index (χ1) is 8.51. The Morgan fingerprint density at radius 1 is 1.50 bits per heavy atom. The molecule has 2 rings (SSSR count). The van der Waals surface area contributed by atoms with Crippen molar-refractivity contribution in [1.29, 1.82) is 0 Å². The van der Waals surface area contributed by atoms with Gasteiger partial charge in [-0.25, -0.2) is 4.79 Å². The second-order valence-electron chi connectivity index (χ2n) is 4.09. The Kier molecular flexibility index (Phi) is 3.47. The Hall–Kier alpha value is -1.69.